The number of para-hydroxylation sites is 1. The predicted octanol–water partition coefficient (Wildman–Crippen LogP) is 13.7. The van der Waals surface area contributed by atoms with Crippen LogP contribution in [0.3, 0.4) is 0 Å². The summed E-state index contributed by atoms with van der Waals surface area (Å²) in [6, 6.07) is 64.6. The molecule has 0 aliphatic carbocycles. The summed E-state index contributed by atoms with van der Waals surface area (Å²) >= 11 is 3.58. The molecule has 4 aromatic heterocycles. The fraction of sp³-hybridized carbons (Fsp3) is 0. The van der Waals surface area contributed by atoms with Gasteiger partial charge in [-0.25, -0.2) is 15.0 Å². The summed E-state index contributed by atoms with van der Waals surface area (Å²) in [4.78, 5) is 17.2. The van der Waals surface area contributed by atoms with E-state index in [-0.39, 0.29) is 0 Å². The van der Waals surface area contributed by atoms with Gasteiger partial charge in [0, 0.05) is 47.4 Å². The van der Waals surface area contributed by atoms with Crippen LogP contribution < -0.4 is 0 Å². The molecule has 0 saturated carbocycles. The van der Waals surface area contributed by atoms with Gasteiger partial charge >= 0.3 is 0 Å². The quantitative estimate of drug-likeness (QED) is 0.171. The highest BCUT2D eigenvalue weighted by Gasteiger charge is 2.19. The number of hydrogen-bond donors (Lipinski definition) is 0. The summed E-state index contributed by atoms with van der Waals surface area (Å²) in [6.07, 6.45) is 0. The summed E-state index contributed by atoms with van der Waals surface area (Å²) in [5, 5.41) is 4.95. The average Bonchev–Trinajstić information content (AvgIpc) is 3.97. The number of hydrogen-bond acceptors (Lipinski definition) is 5. The van der Waals surface area contributed by atoms with Crippen molar-refractivity contribution in [3.05, 3.63) is 182 Å². The lowest BCUT2D eigenvalue weighted by atomic mass is 10.0. The second-order valence-electron chi connectivity index (χ2n) is 13.7. The zero-order chi connectivity index (χ0) is 36.3. The van der Waals surface area contributed by atoms with E-state index < -0.39 is 0 Å². The Balaban J connectivity index is 1.05. The van der Waals surface area contributed by atoms with Crippen LogP contribution in [0.15, 0.2) is 182 Å². The molecule has 0 unspecified atom stereocenters. The van der Waals surface area contributed by atoms with E-state index in [0.717, 1.165) is 21.7 Å². The third-order valence-corrected chi connectivity index (χ3v) is 12.5. The van der Waals surface area contributed by atoms with E-state index in [1.54, 1.807) is 11.3 Å². The van der Waals surface area contributed by atoms with Crippen LogP contribution in [0.2, 0.25) is 0 Å². The first-order chi connectivity index (χ1) is 27.2. The minimum atomic E-state index is 0.672. The molecule has 0 aliphatic rings. The normalized spacial score (nSPS) is 11.6. The Morgan fingerprint density at radius 2 is 0.927 bits per heavy atom. The third-order valence-electron chi connectivity index (χ3n) is 10.3. The molecule has 0 spiro atoms. The van der Waals surface area contributed by atoms with Crippen LogP contribution >= 0.6 is 22.7 Å². The van der Waals surface area contributed by atoms with Gasteiger partial charge in [0.25, 0.3) is 0 Å². The van der Waals surface area contributed by atoms with Crippen LogP contribution in [0.25, 0.3) is 103 Å². The lowest BCUT2D eigenvalue weighted by Crippen LogP contribution is -1.99. The van der Waals surface area contributed by atoms with Gasteiger partial charge in [0.05, 0.1) is 15.9 Å². The molecule has 6 heteroatoms. The zero-order valence-corrected chi connectivity index (χ0v) is 31.1. The molecule has 55 heavy (non-hydrogen) atoms. The third kappa shape index (κ3) is 5.54. The van der Waals surface area contributed by atoms with Crippen molar-refractivity contribution < 1.29 is 0 Å². The number of rotatable bonds is 6. The Morgan fingerprint density at radius 1 is 0.382 bits per heavy atom. The van der Waals surface area contributed by atoms with Crippen molar-refractivity contribution in [3.8, 4) is 60.7 Å². The molecule has 11 rings (SSSR count). The fourth-order valence-corrected chi connectivity index (χ4v) is 9.83. The molecule has 11 aromatic rings. The van der Waals surface area contributed by atoms with Gasteiger partial charge in [0.1, 0.15) is 0 Å². The molecule has 4 nitrogen and oxygen atoms in total. The van der Waals surface area contributed by atoms with Crippen LogP contribution in [-0.4, -0.2) is 19.5 Å². The van der Waals surface area contributed by atoms with E-state index >= 15 is 0 Å². The summed E-state index contributed by atoms with van der Waals surface area (Å²) in [5.41, 5.74) is 9.18. The van der Waals surface area contributed by atoms with E-state index in [1.807, 2.05) is 72.0 Å². The molecule has 0 saturated heterocycles. The lowest BCUT2D eigenvalue weighted by molar-refractivity contribution is 1.08. The first-order valence-corrected chi connectivity index (χ1v) is 19.9. The maximum atomic E-state index is 5.00. The Hall–Kier alpha value is -6.73. The van der Waals surface area contributed by atoms with Gasteiger partial charge in [-0.2, -0.15) is 0 Å². The zero-order valence-electron chi connectivity index (χ0n) is 29.4. The molecule has 0 atom stereocenters. The van der Waals surface area contributed by atoms with E-state index in [2.05, 4.69) is 126 Å². The minimum absolute atomic E-state index is 0.672. The first-order valence-electron chi connectivity index (χ1n) is 18.3. The van der Waals surface area contributed by atoms with Crippen LogP contribution in [0.4, 0.5) is 0 Å². The van der Waals surface area contributed by atoms with E-state index in [4.69, 9.17) is 15.0 Å². The van der Waals surface area contributed by atoms with Crippen molar-refractivity contribution in [2.24, 2.45) is 0 Å². The Morgan fingerprint density at radius 3 is 1.56 bits per heavy atom. The summed E-state index contributed by atoms with van der Waals surface area (Å²) in [6.45, 7) is 0. The summed E-state index contributed by atoms with van der Waals surface area (Å²) in [5.74, 6) is 2.03. The van der Waals surface area contributed by atoms with Gasteiger partial charge in [-0.15, -0.1) is 22.7 Å². The summed E-state index contributed by atoms with van der Waals surface area (Å²) in [7, 11) is 0. The van der Waals surface area contributed by atoms with E-state index in [9.17, 15) is 0 Å². The molecule has 7 aromatic carbocycles. The van der Waals surface area contributed by atoms with Crippen LogP contribution in [0, 0.1) is 0 Å². The van der Waals surface area contributed by atoms with Gasteiger partial charge < -0.3 is 4.57 Å². The number of aromatic nitrogens is 4. The molecule has 0 fully saturated rings. The molecule has 0 bridgehead atoms. The molecule has 258 valence electrons. The molecule has 0 amide bonds. The van der Waals surface area contributed by atoms with Crippen molar-refractivity contribution in [1.82, 2.24) is 19.5 Å². The number of thiophene rings is 2. The van der Waals surface area contributed by atoms with Crippen LogP contribution in [0.5, 0.6) is 0 Å². The van der Waals surface area contributed by atoms with E-state index in [0.29, 0.717) is 17.5 Å². The predicted molar refractivity (Wildman–Crippen MR) is 232 cm³/mol. The maximum absolute atomic E-state index is 5.00. The van der Waals surface area contributed by atoms with Crippen molar-refractivity contribution in [2.45, 2.75) is 0 Å². The SMILES string of the molecule is c1ccc(-c2ccc3c(c2)c2c(-c4cc5cc6sc(-c7nc(-c8ccccc8)nc(-c8ccccc8)n7)cc6cc5s4)cccc2n3-c2ccccc2)cc1. The second kappa shape index (κ2) is 13.0. The minimum Gasteiger partial charge on any atom is -0.309 e. The van der Waals surface area contributed by atoms with Crippen LogP contribution in [-0.2, 0) is 0 Å². The van der Waals surface area contributed by atoms with Gasteiger partial charge in [0.15, 0.2) is 17.5 Å². The monoisotopic (exact) mass is 738 g/mol. The van der Waals surface area contributed by atoms with E-state index in [1.165, 1.54) is 63.5 Å². The maximum Gasteiger partial charge on any atom is 0.174 e. The molecular weight excluding hydrogens is 709 g/mol. The topological polar surface area (TPSA) is 43.6 Å². The van der Waals surface area contributed by atoms with Gasteiger partial charge in [-0.1, -0.05) is 127 Å². The highest BCUT2D eigenvalue weighted by Crippen LogP contribution is 2.45. The average molecular weight is 739 g/mol. The lowest BCUT2D eigenvalue weighted by Gasteiger charge is -2.08. The molecule has 0 radical (unpaired) electrons. The van der Waals surface area contributed by atoms with Crippen molar-refractivity contribution in [1.29, 1.82) is 0 Å². The van der Waals surface area contributed by atoms with Gasteiger partial charge in [0.2, 0.25) is 0 Å². The number of fused-ring (bicyclic) bond motifs is 5. The largest absolute Gasteiger partial charge is 0.309 e. The smallest absolute Gasteiger partial charge is 0.174 e. The molecule has 0 N–H and O–H groups in total. The molecule has 4 heterocycles. The van der Waals surface area contributed by atoms with Crippen molar-refractivity contribution in [3.63, 3.8) is 0 Å². The number of nitrogens with zero attached hydrogens (tertiary/aromatic N) is 4. The van der Waals surface area contributed by atoms with Crippen molar-refractivity contribution >= 4 is 64.7 Å². The van der Waals surface area contributed by atoms with Gasteiger partial charge in [-0.3, -0.25) is 0 Å². The van der Waals surface area contributed by atoms with Crippen LogP contribution in [0.1, 0.15) is 0 Å². The van der Waals surface area contributed by atoms with Gasteiger partial charge in [-0.05, 0) is 76.5 Å². The Labute approximate surface area is 325 Å². The highest BCUT2D eigenvalue weighted by molar-refractivity contribution is 7.23. The second-order valence-corrected chi connectivity index (χ2v) is 15.8. The molecular formula is C49H30N4S2. The highest BCUT2D eigenvalue weighted by atomic mass is 32.1. The Bertz CT molecular complexity index is 3080. The fourth-order valence-electron chi connectivity index (χ4n) is 7.68. The molecule has 0 aliphatic heterocycles. The Kier molecular flexibility index (Phi) is 7.50. The first kappa shape index (κ1) is 31.8. The number of benzene rings is 7. The summed E-state index contributed by atoms with van der Waals surface area (Å²) < 4.78 is 4.87. The van der Waals surface area contributed by atoms with Crippen molar-refractivity contribution in [2.75, 3.05) is 0 Å². The standard InChI is InChI=1S/C49H30N4S2/c1-5-14-31(15-6-1)34-24-25-40-39(26-34)46-38(22-13-23-41(46)53(40)37-20-11-4-12-21-37)44-29-35-27-43-36(28-42(35)54-44)30-45(55-43)49-51-47(32-16-7-2-8-17-32)50-48(52-49)33-18-9-3-10-19-33/h1-30H.